The van der Waals surface area contributed by atoms with Gasteiger partial charge in [0.2, 0.25) is 5.91 Å². The van der Waals surface area contributed by atoms with Gasteiger partial charge in [-0.25, -0.2) is 4.79 Å². The molecule has 0 spiro atoms. The molecule has 2 N–H and O–H groups in total. The summed E-state index contributed by atoms with van der Waals surface area (Å²) < 4.78 is 0.463. The van der Waals surface area contributed by atoms with E-state index in [4.69, 9.17) is 10.4 Å². The molecule has 6 nitrogen and oxygen atoms in total. The van der Waals surface area contributed by atoms with Crippen molar-refractivity contribution in [3.63, 3.8) is 0 Å². The van der Waals surface area contributed by atoms with Crippen molar-refractivity contribution in [1.29, 1.82) is 5.26 Å². The van der Waals surface area contributed by atoms with E-state index in [-0.39, 0.29) is 22.7 Å². The molecule has 1 saturated heterocycles. The van der Waals surface area contributed by atoms with E-state index in [1.807, 2.05) is 6.07 Å². The fourth-order valence-electron chi connectivity index (χ4n) is 1.95. The molecule has 0 aromatic rings. The van der Waals surface area contributed by atoms with Crippen LogP contribution in [-0.4, -0.2) is 44.2 Å². The van der Waals surface area contributed by atoms with Crippen molar-refractivity contribution in [2.24, 2.45) is 5.92 Å². The number of fused-ring (bicyclic) bond motifs is 1. The van der Waals surface area contributed by atoms with Crippen molar-refractivity contribution in [1.82, 2.24) is 4.90 Å². The number of carbonyl (C=O) groups excluding carboxylic acids is 1. The maximum absolute atomic E-state index is 11.8. The Bertz CT molecular complexity index is 483. The van der Waals surface area contributed by atoms with Gasteiger partial charge in [-0.15, -0.1) is 11.8 Å². The number of β-lactam (4-membered cyclic amide) rings is 1. The lowest BCUT2D eigenvalue weighted by atomic mass is 9.92. The summed E-state index contributed by atoms with van der Waals surface area (Å²) in [6, 6.07) is 1.92. The van der Waals surface area contributed by atoms with Gasteiger partial charge in [-0.05, 0) is 6.92 Å². The lowest BCUT2D eigenvalue weighted by molar-refractivity contribution is -0.156. The van der Waals surface area contributed by atoms with E-state index in [2.05, 4.69) is 0 Å². The van der Waals surface area contributed by atoms with Gasteiger partial charge >= 0.3 is 5.97 Å². The monoisotopic (exact) mass is 286 g/mol. The Labute approximate surface area is 112 Å². The maximum atomic E-state index is 11.8. The number of hydrogen-bond donors (Lipinski definition) is 2. The predicted octanol–water partition coefficient (Wildman–Crippen LogP) is 0.409. The second kappa shape index (κ2) is 4.84. The average molecular weight is 286 g/mol. The summed E-state index contributed by atoms with van der Waals surface area (Å²) in [5.74, 6) is -1.98. The van der Waals surface area contributed by atoms with Gasteiger partial charge < -0.3 is 10.2 Å². The van der Waals surface area contributed by atoms with Gasteiger partial charge in [0.25, 0.3) is 0 Å². The molecule has 0 aromatic carbocycles. The summed E-state index contributed by atoms with van der Waals surface area (Å²) in [7, 11) is 0. The first kappa shape index (κ1) is 13.3. The molecule has 3 atom stereocenters. The molecule has 1 fully saturated rings. The lowest BCUT2D eigenvalue weighted by Crippen LogP contribution is -2.60. The highest BCUT2D eigenvalue weighted by Crippen LogP contribution is 2.53. The minimum Gasteiger partial charge on any atom is -0.477 e. The molecule has 1 amide bonds. The average Bonchev–Trinajstić information content (AvgIpc) is 2.60. The van der Waals surface area contributed by atoms with Gasteiger partial charge in [-0.1, -0.05) is 11.8 Å². The normalized spacial score (nSPS) is 27.6. The number of nitriles is 1. The number of carbonyl (C=O) groups is 2. The van der Waals surface area contributed by atoms with E-state index in [9.17, 15) is 14.7 Å². The second-order valence-corrected chi connectivity index (χ2v) is 6.24. The number of aliphatic carboxylic acids is 1. The molecule has 2 rings (SSSR count). The summed E-state index contributed by atoms with van der Waals surface area (Å²) >= 11 is 2.34. The predicted molar refractivity (Wildman–Crippen MR) is 66.1 cm³/mol. The highest BCUT2D eigenvalue weighted by molar-refractivity contribution is 8.22. The van der Waals surface area contributed by atoms with Crippen molar-refractivity contribution in [3.05, 3.63) is 9.93 Å². The third-order valence-corrected chi connectivity index (χ3v) is 5.26. The molecule has 0 bridgehead atoms. The van der Waals surface area contributed by atoms with Crippen molar-refractivity contribution < 1.29 is 19.8 Å². The van der Waals surface area contributed by atoms with Gasteiger partial charge in [0.05, 0.1) is 28.1 Å². The molecular weight excluding hydrogens is 276 g/mol. The zero-order valence-corrected chi connectivity index (χ0v) is 11.0. The van der Waals surface area contributed by atoms with Gasteiger partial charge in [0.15, 0.2) is 5.70 Å². The Kier molecular flexibility index (Phi) is 3.56. The summed E-state index contributed by atoms with van der Waals surface area (Å²) in [5, 5.41) is 26.8. The summed E-state index contributed by atoms with van der Waals surface area (Å²) in [5.41, 5.74) is -0.0628. The van der Waals surface area contributed by atoms with E-state index in [1.54, 1.807) is 0 Å². The van der Waals surface area contributed by atoms with E-state index in [0.717, 1.165) is 11.8 Å². The number of carboxylic acids is 1. The van der Waals surface area contributed by atoms with Crippen LogP contribution in [0, 0.1) is 17.2 Å². The minimum absolute atomic E-state index is 0.0628. The standard InChI is InChI=1S/C10H10N2O4S2/c1-4(13)5-7(14)12-6(9(15)16)10(17-3-2-11)18-8(5)12/h4-5,8,13H,3H2,1H3,(H,15,16)/t4-,5+,8-/m1/s1. The molecule has 0 radical (unpaired) electrons. The molecular formula is C10H10N2O4S2. The number of nitrogens with zero attached hydrogens (tertiary/aromatic N) is 2. The Balaban J connectivity index is 2.24. The minimum atomic E-state index is -1.18. The molecule has 2 aliphatic rings. The van der Waals surface area contributed by atoms with Crippen molar-refractivity contribution in [2.45, 2.75) is 18.4 Å². The molecule has 0 aliphatic carbocycles. The molecule has 0 unspecified atom stereocenters. The maximum Gasteiger partial charge on any atom is 0.354 e. The van der Waals surface area contributed by atoms with E-state index < -0.39 is 18.0 Å². The molecule has 96 valence electrons. The number of aliphatic hydroxyl groups excluding tert-OH is 1. The van der Waals surface area contributed by atoms with Gasteiger partial charge in [0.1, 0.15) is 5.37 Å². The van der Waals surface area contributed by atoms with Crippen LogP contribution in [0.3, 0.4) is 0 Å². The molecule has 8 heteroatoms. The van der Waals surface area contributed by atoms with Crippen molar-refractivity contribution in [3.8, 4) is 6.07 Å². The Morgan fingerprint density at radius 1 is 1.72 bits per heavy atom. The van der Waals surface area contributed by atoms with Crippen LogP contribution in [0.4, 0.5) is 0 Å². The van der Waals surface area contributed by atoms with Crippen LogP contribution >= 0.6 is 23.5 Å². The third-order valence-electron chi connectivity index (χ3n) is 2.74. The van der Waals surface area contributed by atoms with E-state index >= 15 is 0 Å². The van der Waals surface area contributed by atoms with Crippen molar-refractivity contribution in [2.75, 3.05) is 5.75 Å². The van der Waals surface area contributed by atoms with Gasteiger partial charge in [-0.3, -0.25) is 9.69 Å². The number of aliphatic hydroxyl groups is 1. The Hall–Kier alpha value is -1.17. The number of carboxylic acid groups (broad SMARTS) is 1. The lowest BCUT2D eigenvalue weighted by Gasteiger charge is -2.43. The van der Waals surface area contributed by atoms with Crippen molar-refractivity contribution >= 4 is 35.4 Å². The first-order valence-electron chi connectivity index (χ1n) is 5.14. The zero-order valence-electron chi connectivity index (χ0n) is 9.36. The molecule has 2 aliphatic heterocycles. The number of rotatable bonds is 4. The summed E-state index contributed by atoms with van der Waals surface area (Å²) in [6.07, 6.45) is -0.804. The largest absolute Gasteiger partial charge is 0.477 e. The first-order chi connectivity index (χ1) is 8.49. The highest BCUT2D eigenvalue weighted by Gasteiger charge is 2.57. The molecule has 0 aromatic heterocycles. The van der Waals surface area contributed by atoms with E-state index in [1.165, 1.54) is 23.6 Å². The van der Waals surface area contributed by atoms with Crippen LogP contribution in [0.5, 0.6) is 0 Å². The van der Waals surface area contributed by atoms with Crippen LogP contribution in [-0.2, 0) is 9.59 Å². The van der Waals surface area contributed by atoms with Crippen LogP contribution in [0.2, 0.25) is 0 Å². The first-order valence-corrected chi connectivity index (χ1v) is 7.00. The number of thioether (sulfide) groups is 2. The van der Waals surface area contributed by atoms with Gasteiger partial charge in [-0.2, -0.15) is 5.26 Å². The van der Waals surface area contributed by atoms with Gasteiger partial charge in [0, 0.05) is 0 Å². The van der Waals surface area contributed by atoms with E-state index in [0.29, 0.717) is 4.24 Å². The zero-order chi connectivity index (χ0) is 13.4. The van der Waals surface area contributed by atoms with Crippen LogP contribution < -0.4 is 0 Å². The van der Waals surface area contributed by atoms with Crippen LogP contribution in [0.25, 0.3) is 0 Å². The molecule has 2 heterocycles. The molecule has 18 heavy (non-hydrogen) atoms. The fourth-order valence-corrected chi connectivity index (χ4v) is 4.53. The number of hydrogen-bond acceptors (Lipinski definition) is 6. The Morgan fingerprint density at radius 3 is 2.89 bits per heavy atom. The van der Waals surface area contributed by atoms with Crippen LogP contribution in [0.15, 0.2) is 9.93 Å². The fraction of sp³-hybridized carbons (Fsp3) is 0.500. The number of amides is 1. The second-order valence-electron chi connectivity index (χ2n) is 3.87. The quantitative estimate of drug-likeness (QED) is 0.722. The topological polar surface area (TPSA) is 102 Å². The molecule has 0 saturated carbocycles. The van der Waals surface area contributed by atoms with Crippen LogP contribution in [0.1, 0.15) is 6.92 Å². The smallest absolute Gasteiger partial charge is 0.354 e. The summed E-state index contributed by atoms with van der Waals surface area (Å²) in [6.45, 7) is 1.52. The Morgan fingerprint density at radius 2 is 2.39 bits per heavy atom. The SMILES string of the molecule is C[C@@H](O)[C@H]1C(=O)N2C(C(=O)O)=C(SCC#N)S[C@H]12. The third kappa shape index (κ3) is 1.88. The summed E-state index contributed by atoms with van der Waals surface area (Å²) in [4.78, 5) is 24.2. The highest BCUT2D eigenvalue weighted by atomic mass is 32.2.